The van der Waals surface area contributed by atoms with Crippen molar-refractivity contribution in [2.45, 2.75) is 94.2 Å². The maximum Gasteiger partial charge on any atom is 0.295 e. The molecule has 0 aliphatic carbocycles. The molecule has 0 amide bonds. The summed E-state index contributed by atoms with van der Waals surface area (Å²) in [4.78, 5) is 14.5. The Labute approximate surface area is 433 Å². The molecule has 386 valence electrons. The first-order valence-corrected chi connectivity index (χ1v) is 29.5. The van der Waals surface area contributed by atoms with Gasteiger partial charge in [-0.3, -0.25) is 23.1 Å². The number of hydrogen-bond acceptors (Lipinski definition) is 19. The van der Waals surface area contributed by atoms with Crippen molar-refractivity contribution in [2.75, 3.05) is 10.2 Å². The predicted molar refractivity (Wildman–Crippen MR) is 279 cm³/mol. The van der Waals surface area contributed by atoms with Crippen LogP contribution in [-0.4, -0.2) is 76.6 Å². The van der Waals surface area contributed by atoms with E-state index in [2.05, 4.69) is 31.7 Å². The second-order valence-electron chi connectivity index (χ2n) is 16.9. The number of nitriles is 1. The molecule has 0 bridgehead atoms. The van der Waals surface area contributed by atoms with Gasteiger partial charge in [0.2, 0.25) is 5.13 Å². The van der Waals surface area contributed by atoms with Gasteiger partial charge in [0.15, 0.2) is 16.8 Å². The molecule has 28 heteroatoms. The first kappa shape index (κ1) is 53.6. The second kappa shape index (κ2) is 19.6. The van der Waals surface area contributed by atoms with Crippen molar-refractivity contribution in [2.24, 2.45) is 10.2 Å². The van der Waals surface area contributed by atoms with Gasteiger partial charge in [0, 0.05) is 5.69 Å². The summed E-state index contributed by atoms with van der Waals surface area (Å²) < 4.78 is 144. The zero-order valence-electron chi connectivity index (χ0n) is 40.3. The van der Waals surface area contributed by atoms with Crippen LogP contribution in [0.25, 0.3) is 25.6 Å². The zero-order chi connectivity index (χ0) is 54.1. The number of nitrogens with one attached hydrogen (secondary N) is 1. The first-order valence-electron chi connectivity index (χ1n) is 22.1. The molecule has 0 unspecified atom stereocenters. The van der Waals surface area contributed by atoms with Gasteiger partial charge in [0.1, 0.15) is 32.9 Å². The quantitative estimate of drug-likeness (QED) is 0.0470. The van der Waals surface area contributed by atoms with E-state index in [0.29, 0.717) is 38.0 Å². The summed E-state index contributed by atoms with van der Waals surface area (Å²) >= 11 is 1.95. The van der Waals surface area contributed by atoms with Gasteiger partial charge < -0.3 is 5.32 Å². The third kappa shape index (κ3) is 10.0. The van der Waals surface area contributed by atoms with Gasteiger partial charge in [0.05, 0.1) is 41.6 Å². The summed E-state index contributed by atoms with van der Waals surface area (Å²) in [6, 6.07) is 14.4. The maximum absolute atomic E-state index is 13.2. The minimum atomic E-state index is -4.87. The van der Waals surface area contributed by atoms with E-state index in [4.69, 9.17) is 9.97 Å². The highest BCUT2D eigenvalue weighted by Gasteiger charge is 2.32. The number of hydrogen-bond donors (Lipinski definition) is 5. The molecule has 4 aromatic heterocycles. The molecule has 8 rings (SSSR count). The van der Waals surface area contributed by atoms with Crippen molar-refractivity contribution in [3.8, 4) is 11.2 Å². The average molecular weight is 1120 g/mol. The van der Waals surface area contributed by atoms with Crippen LogP contribution in [-0.2, 0) is 59.7 Å². The van der Waals surface area contributed by atoms with Crippen LogP contribution < -0.4 is 10.2 Å². The molecule has 0 spiro atoms. The Bertz CT molecular complexity index is 4220. The summed E-state index contributed by atoms with van der Waals surface area (Å²) in [5.74, 6) is -0.159. The molecule has 4 aromatic carbocycles. The number of fused-ring (bicyclic) bond motifs is 2. The molecule has 0 aliphatic rings. The van der Waals surface area contributed by atoms with Crippen LogP contribution in [0, 0.1) is 45.9 Å². The smallest absolute Gasteiger partial charge is 0.295 e. The number of benzene rings is 4. The van der Waals surface area contributed by atoms with Gasteiger partial charge in [-0.1, -0.05) is 55.6 Å². The number of azo groups is 1. The Balaban J connectivity index is 1.44. The molecular formula is C46H44N10O12S6. The molecule has 0 radical (unpaired) electrons. The Morgan fingerprint density at radius 1 is 0.662 bits per heavy atom. The second-order valence-corrected chi connectivity index (χ2v) is 24.5. The van der Waals surface area contributed by atoms with Crippen LogP contribution in [0.1, 0.15) is 71.0 Å². The fourth-order valence-electron chi connectivity index (χ4n) is 8.78. The molecule has 0 atom stereocenters. The van der Waals surface area contributed by atoms with Crippen LogP contribution in [0.2, 0.25) is 0 Å². The van der Waals surface area contributed by atoms with Crippen LogP contribution in [0.4, 0.5) is 39.6 Å². The fraction of sp³-hybridized carbons (Fsp3) is 0.239. The van der Waals surface area contributed by atoms with Gasteiger partial charge in [-0.2, -0.15) is 48.7 Å². The minimum Gasteiger partial charge on any atom is -0.338 e. The number of aromatic nitrogens is 5. The summed E-state index contributed by atoms with van der Waals surface area (Å²) in [5.41, 5.74) is 3.59. The number of anilines is 5. The Kier molecular flexibility index (Phi) is 14.2. The molecule has 5 N–H and O–H groups in total. The third-order valence-corrected chi connectivity index (χ3v) is 17.8. The van der Waals surface area contributed by atoms with Crippen LogP contribution in [0.3, 0.4) is 0 Å². The highest BCUT2D eigenvalue weighted by molar-refractivity contribution is 7.86. The molecule has 8 aromatic rings. The molecular weight excluding hydrogens is 1080 g/mol. The lowest BCUT2D eigenvalue weighted by atomic mass is 9.99. The van der Waals surface area contributed by atoms with Gasteiger partial charge in [-0.05, 0) is 135 Å². The molecule has 4 heterocycles. The molecule has 0 aliphatic heterocycles. The summed E-state index contributed by atoms with van der Waals surface area (Å²) in [5, 5.41) is 27.7. The van der Waals surface area contributed by atoms with Crippen molar-refractivity contribution in [3.05, 3.63) is 105 Å². The summed E-state index contributed by atoms with van der Waals surface area (Å²) in [7, 11) is -18.9. The van der Waals surface area contributed by atoms with E-state index in [0.717, 1.165) is 22.7 Å². The lowest BCUT2D eigenvalue weighted by molar-refractivity contribution is 0.479. The standard InChI is InChI=1S/C46H44N10O12S6/c1-9-27-17-25(7)41(73(63,64)65)30(10-2)39(27)51-43-38(52-53-44-32(21-47)26(8)54-56(44)46-49-34-15-13-29(72(60,61)62)20-36(34)70-46)22(4)18-37(50-43)55(40-23(5)16-24(6)42(31(40)11-3)74(66,67)68)45-48-33-14-12-28(71(57,58)59)19-35(33)69-45/h12-20H,9-11H2,1-8H3,(H,50,51)(H,57,58,59)(H,60,61,62)(H,63,64,65)(H,66,67,68). The number of aryl methyl sites for hydroxylation is 6. The van der Waals surface area contributed by atoms with Crippen LogP contribution >= 0.6 is 22.7 Å². The molecule has 74 heavy (non-hydrogen) atoms. The Hall–Kier alpha value is -6.65. The van der Waals surface area contributed by atoms with Gasteiger partial charge >= 0.3 is 0 Å². The molecule has 0 saturated carbocycles. The normalized spacial score (nSPS) is 12.6. The summed E-state index contributed by atoms with van der Waals surface area (Å²) in [6.07, 6.45) is 0.479. The lowest BCUT2D eigenvalue weighted by Crippen LogP contribution is -2.18. The summed E-state index contributed by atoms with van der Waals surface area (Å²) in [6.45, 7) is 13.2. The highest BCUT2D eigenvalue weighted by Crippen LogP contribution is 2.47. The molecule has 22 nitrogen and oxygen atoms in total. The minimum absolute atomic E-state index is 0.0141. The third-order valence-electron chi connectivity index (χ3n) is 11.9. The average Bonchev–Trinajstić information content (AvgIpc) is 4.02. The Morgan fingerprint density at radius 3 is 1.78 bits per heavy atom. The zero-order valence-corrected chi connectivity index (χ0v) is 45.2. The highest BCUT2D eigenvalue weighted by atomic mass is 32.2. The van der Waals surface area contributed by atoms with Gasteiger partial charge in [-0.25, -0.2) is 15.0 Å². The molecule has 0 fully saturated rings. The van der Waals surface area contributed by atoms with Crippen molar-refractivity contribution < 1.29 is 51.9 Å². The largest absolute Gasteiger partial charge is 0.338 e. The van der Waals surface area contributed by atoms with Gasteiger partial charge in [-0.15, -0.1) is 10.2 Å². The molecule has 0 saturated heterocycles. The fourth-order valence-corrected chi connectivity index (χ4v) is 14.0. The van der Waals surface area contributed by atoms with Crippen LogP contribution in [0.15, 0.2) is 84.4 Å². The van der Waals surface area contributed by atoms with E-state index >= 15 is 0 Å². The predicted octanol–water partition coefficient (Wildman–Crippen LogP) is 10.2. The van der Waals surface area contributed by atoms with Gasteiger partial charge in [0.25, 0.3) is 40.5 Å². The topological polar surface area (TPSA) is 338 Å². The van der Waals surface area contributed by atoms with Crippen molar-refractivity contribution >= 4 is 123 Å². The van der Waals surface area contributed by atoms with E-state index in [1.54, 1.807) is 59.7 Å². The first-order chi connectivity index (χ1) is 34.6. The monoisotopic (exact) mass is 1120 g/mol. The SMILES string of the molecule is CCc1cc(C)c(S(=O)(=O)O)c(CC)c1Nc1nc(N(c2nc3ccc(S(=O)(=O)O)cc3s2)c2c(C)cc(C)c(S(=O)(=O)O)c2CC)cc(C)c1N=Nc1c(C#N)c(C)nn1-c1nc2ccc(S(=O)(=O)O)cc2s1. The van der Waals surface area contributed by atoms with E-state index in [1.807, 2.05) is 6.92 Å². The van der Waals surface area contributed by atoms with E-state index in [9.17, 15) is 57.1 Å². The number of nitrogens with zero attached hydrogens (tertiary/aromatic N) is 9. The maximum atomic E-state index is 13.2. The van der Waals surface area contributed by atoms with E-state index < -0.39 is 45.4 Å². The van der Waals surface area contributed by atoms with Crippen LogP contribution in [0.5, 0.6) is 0 Å². The van der Waals surface area contributed by atoms with E-state index in [1.165, 1.54) is 52.9 Å². The number of rotatable bonds is 15. The van der Waals surface area contributed by atoms with Crippen molar-refractivity contribution in [1.82, 2.24) is 24.7 Å². The lowest BCUT2D eigenvalue weighted by Gasteiger charge is -2.28. The van der Waals surface area contributed by atoms with E-state index in [-0.39, 0.29) is 111 Å². The number of pyridine rings is 1. The van der Waals surface area contributed by atoms with Crippen molar-refractivity contribution in [1.29, 1.82) is 5.26 Å². The van der Waals surface area contributed by atoms with Crippen molar-refractivity contribution in [3.63, 3.8) is 0 Å². The number of thiazole rings is 2. The Morgan fingerprint density at radius 2 is 1.23 bits per heavy atom.